The molecule has 0 aliphatic rings. The van der Waals surface area contributed by atoms with Crippen LogP contribution in [-0.2, 0) is 13.8 Å². The fourth-order valence-electron chi connectivity index (χ4n) is 1.85. The molecule has 1 N–H and O–H groups in total. The van der Waals surface area contributed by atoms with E-state index in [1.165, 1.54) is 25.3 Å². The summed E-state index contributed by atoms with van der Waals surface area (Å²) in [5, 5.41) is 2.74. The van der Waals surface area contributed by atoms with Crippen molar-refractivity contribution < 1.29 is 17.9 Å². The number of halogens is 1. The van der Waals surface area contributed by atoms with Crippen LogP contribution in [0.15, 0.2) is 23.1 Å². The number of benzene rings is 1. The molecule has 0 bridgehead atoms. The molecule has 0 atom stereocenters. The molecule has 0 aliphatic heterocycles. The smallest absolute Gasteiger partial charge is 0.264 e. The Bertz CT molecular complexity index is 582. The summed E-state index contributed by atoms with van der Waals surface area (Å²) in [6.45, 7) is 3.88. The average molecular weight is 320 g/mol. The predicted octanol–water partition coefficient (Wildman–Crippen LogP) is 3.00. The molecule has 0 saturated carbocycles. The number of carbonyl (C=O) groups is 1. The Morgan fingerprint density at radius 1 is 1.35 bits per heavy atom. The SMILES string of the molecule is CCC(CC)C(=O)Nc1ccc(S(=O)(=O)Cl)c(OC)c1. The zero-order valence-corrected chi connectivity index (χ0v) is 13.2. The molecule has 0 aromatic heterocycles. The largest absolute Gasteiger partial charge is 0.495 e. The van der Waals surface area contributed by atoms with Crippen LogP contribution < -0.4 is 10.1 Å². The zero-order valence-electron chi connectivity index (χ0n) is 11.6. The van der Waals surface area contributed by atoms with Gasteiger partial charge in [-0.2, -0.15) is 0 Å². The van der Waals surface area contributed by atoms with Crippen molar-refractivity contribution in [3.8, 4) is 5.75 Å². The van der Waals surface area contributed by atoms with Crippen LogP contribution in [0.1, 0.15) is 26.7 Å². The average Bonchev–Trinajstić information content (AvgIpc) is 2.38. The van der Waals surface area contributed by atoms with Crippen molar-refractivity contribution in [3.63, 3.8) is 0 Å². The third kappa shape index (κ3) is 4.11. The van der Waals surface area contributed by atoms with Gasteiger partial charge >= 0.3 is 0 Å². The van der Waals surface area contributed by atoms with Gasteiger partial charge in [0.2, 0.25) is 5.91 Å². The Kier molecular flexibility index (Phi) is 5.83. The number of hydrogen-bond donors (Lipinski definition) is 1. The maximum absolute atomic E-state index is 12.0. The van der Waals surface area contributed by atoms with E-state index in [2.05, 4.69) is 5.32 Å². The summed E-state index contributed by atoms with van der Waals surface area (Å²) in [6, 6.07) is 4.23. The first kappa shape index (κ1) is 16.8. The van der Waals surface area contributed by atoms with Gasteiger partial charge in [0.05, 0.1) is 7.11 Å². The fourth-order valence-corrected chi connectivity index (χ4v) is 2.85. The van der Waals surface area contributed by atoms with Crippen molar-refractivity contribution in [2.24, 2.45) is 5.92 Å². The standard InChI is InChI=1S/C13H18ClNO4S/c1-4-9(5-2)13(16)15-10-6-7-12(20(14,17)18)11(8-10)19-3/h6-9H,4-5H2,1-3H3,(H,15,16). The second-order valence-corrected chi connectivity index (χ2v) is 6.84. The summed E-state index contributed by atoms with van der Waals surface area (Å²) in [4.78, 5) is 11.8. The van der Waals surface area contributed by atoms with Crippen LogP contribution in [0.3, 0.4) is 0 Å². The summed E-state index contributed by atoms with van der Waals surface area (Å²) in [5.74, 6) is -0.0710. The predicted molar refractivity (Wildman–Crippen MR) is 78.7 cm³/mol. The fraction of sp³-hybridized carbons (Fsp3) is 0.462. The van der Waals surface area contributed by atoms with E-state index in [1.54, 1.807) is 0 Å². The molecule has 1 aromatic rings. The van der Waals surface area contributed by atoms with Gasteiger partial charge < -0.3 is 10.1 Å². The monoisotopic (exact) mass is 319 g/mol. The molecule has 0 saturated heterocycles. The van der Waals surface area contributed by atoms with E-state index in [-0.39, 0.29) is 22.5 Å². The maximum atomic E-state index is 12.0. The molecule has 1 rings (SSSR count). The first-order chi connectivity index (χ1) is 9.33. The van der Waals surface area contributed by atoms with E-state index in [1.807, 2.05) is 13.8 Å². The number of carbonyl (C=O) groups excluding carboxylic acids is 1. The van der Waals surface area contributed by atoms with E-state index in [0.717, 1.165) is 12.8 Å². The Balaban J connectivity index is 3.03. The van der Waals surface area contributed by atoms with Crippen molar-refractivity contribution in [1.82, 2.24) is 0 Å². The molecular formula is C13H18ClNO4S. The van der Waals surface area contributed by atoms with Gasteiger partial charge in [0.25, 0.3) is 9.05 Å². The highest BCUT2D eigenvalue weighted by atomic mass is 35.7. The van der Waals surface area contributed by atoms with Crippen LogP contribution in [0, 0.1) is 5.92 Å². The van der Waals surface area contributed by atoms with Crippen molar-refractivity contribution in [2.75, 3.05) is 12.4 Å². The third-order valence-corrected chi connectivity index (χ3v) is 4.41. The molecular weight excluding hydrogens is 302 g/mol. The van der Waals surface area contributed by atoms with Gasteiger partial charge in [0.15, 0.2) is 0 Å². The number of hydrogen-bond acceptors (Lipinski definition) is 4. The molecule has 5 nitrogen and oxygen atoms in total. The number of amides is 1. The highest BCUT2D eigenvalue weighted by Gasteiger charge is 2.19. The quantitative estimate of drug-likeness (QED) is 0.818. The molecule has 1 aromatic carbocycles. The lowest BCUT2D eigenvalue weighted by Crippen LogP contribution is -2.21. The van der Waals surface area contributed by atoms with E-state index >= 15 is 0 Å². The molecule has 0 fully saturated rings. The first-order valence-corrected chi connectivity index (χ1v) is 8.58. The number of ether oxygens (including phenoxy) is 1. The Hall–Kier alpha value is -1.27. The van der Waals surface area contributed by atoms with E-state index in [9.17, 15) is 13.2 Å². The van der Waals surface area contributed by atoms with Gasteiger partial charge in [-0.15, -0.1) is 0 Å². The topological polar surface area (TPSA) is 72.5 Å². The second kappa shape index (κ2) is 6.95. The van der Waals surface area contributed by atoms with Gasteiger partial charge in [-0.3, -0.25) is 4.79 Å². The van der Waals surface area contributed by atoms with Crippen LogP contribution in [0.5, 0.6) is 5.75 Å². The van der Waals surface area contributed by atoms with Gasteiger partial charge in [-0.25, -0.2) is 8.42 Å². The minimum Gasteiger partial charge on any atom is -0.495 e. The van der Waals surface area contributed by atoms with E-state index in [4.69, 9.17) is 15.4 Å². The second-order valence-electron chi connectivity index (χ2n) is 4.31. The molecule has 20 heavy (non-hydrogen) atoms. The number of nitrogens with one attached hydrogen (secondary N) is 1. The molecule has 1 amide bonds. The summed E-state index contributed by atoms with van der Waals surface area (Å²) < 4.78 is 27.7. The third-order valence-electron chi connectivity index (χ3n) is 3.05. The lowest BCUT2D eigenvalue weighted by atomic mass is 10.0. The van der Waals surface area contributed by atoms with Crippen LogP contribution in [-0.4, -0.2) is 21.4 Å². The molecule has 0 heterocycles. The first-order valence-electron chi connectivity index (χ1n) is 6.27. The lowest BCUT2D eigenvalue weighted by Gasteiger charge is -2.14. The van der Waals surface area contributed by atoms with Crippen LogP contribution in [0.4, 0.5) is 5.69 Å². The minimum absolute atomic E-state index is 0.0718. The highest BCUT2D eigenvalue weighted by molar-refractivity contribution is 8.13. The van der Waals surface area contributed by atoms with Gasteiger partial charge in [-0.05, 0) is 25.0 Å². The van der Waals surface area contributed by atoms with Gasteiger partial charge in [0, 0.05) is 28.4 Å². The Morgan fingerprint density at radius 3 is 2.40 bits per heavy atom. The van der Waals surface area contributed by atoms with Crippen LogP contribution in [0.2, 0.25) is 0 Å². The molecule has 0 radical (unpaired) electrons. The van der Waals surface area contributed by atoms with Crippen LogP contribution in [0.25, 0.3) is 0 Å². The summed E-state index contributed by atoms with van der Waals surface area (Å²) >= 11 is 0. The van der Waals surface area contributed by atoms with Crippen molar-refractivity contribution in [2.45, 2.75) is 31.6 Å². The minimum atomic E-state index is -3.88. The van der Waals surface area contributed by atoms with E-state index < -0.39 is 9.05 Å². The summed E-state index contributed by atoms with van der Waals surface area (Å²) in [6.07, 6.45) is 1.49. The number of rotatable bonds is 6. The number of methoxy groups -OCH3 is 1. The molecule has 7 heteroatoms. The molecule has 0 unspecified atom stereocenters. The molecule has 0 spiro atoms. The Labute approximate surface area is 123 Å². The normalized spacial score (nSPS) is 11.4. The summed E-state index contributed by atoms with van der Waals surface area (Å²) in [7, 11) is 2.76. The van der Waals surface area contributed by atoms with E-state index in [0.29, 0.717) is 5.69 Å². The van der Waals surface area contributed by atoms with Gasteiger partial charge in [-0.1, -0.05) is 13.8 Å². The summed E-state index contributed by atoms with van der Waals surface area (Å²) in [5.41, 5.74) is 0.475. The highest BCUT2D eigenvalue weighted by Crippen LogP contribution is 2.30. The van der Waals surface area contributed by atoms with Gasteiger partial charge in [0.1, 0.15) is 10.6 Å². The van der Waals surface area contributed by atoms with Crippen molar-refractivity contribution >= 4 is 31.3 Å². The molecule has 112 valence electrons. The van der Waals surface area contributed by atoms with Crippen molar-refractivity contribution in [3.05, 3.63) is 18.2 Å². The molecule has 0 aliphatic carbocycles. The van der Waals surface area contributed by atoms with Crippen molar-refractivity contribution in [1.29, 1.82) is 0 Å². The number of anilines is 1. The van der Waals surface area contributed by atoms with Crippen LogP contribution >= 0.6 is 10.7 Å². The zero-order chi connectivity index (χ0) is 15.3. The maximum Gasteiger partial charge on any atom is 0.264 e. The Morgan fingerprint density at radius 2 is 1.95 bits per heavy atom. The lowest BCUT2D eigenvalue weighted by molar-refractivity contribution is -0.120.